The smallest absolute Gasteiger partial charge is 0.185 e. The Morgan fingerprint density at radius 2 is 1.81 bits per heavy atom. The fraction of sp³-hybridized carbons (Fsp3) is 0.444. The maximum Gasteiger partial charge on any atom is 0.185 e. The van der Waals surface area contributed by atoms with Crippen LogP contribution in [0.4, 0.5) is 0 Å². The Balaban J connectivity index is 2.10. The largest absolute Gasteiger partial charge is 0.297 e. The highest BCUT2D eigenvalue weighted by molar-refractivity contribution is 6.11. The quantitative estimate of drug-likeness (QED) is 0.805. The van der Waals surface area contributed by atoms with Gasteiger partial charge in [-0.05, 0) is 39.1 Å². The molecule has 1 aromatic heterocycles. The van der Waals surface area contributed by atoms with E-state index >= 15 is 0 Å². The molecular weight excluding hydrogens is 260 g/mol. The number of aromatic nitrogens is 1. The number of hydrogen-bond donors (Lipinski definition) is 0. The van der Waals surface area contributed by atoms with Crippen molar-refractivity contribution in [2.45, 2.75) is 37.6 Å². The number of benzene rings is 1. The summed E-state index contributed by atoms with van der Waals surface area (Å²) >= 11 is 0. The molecule has 0 aliphatic heterocycles. The minimum atomic E-state index is -0.357. The Morgan fingerprint density at radius 1 is 1.10 bits per heavy atom. The van der Waals surface area contributed by atoms with Gasteiger partial charge in [0.2, 0.25) is 0 Å². The number of fused-ring (bicyclic) bond motifs is 1. The zero-order valence-electron chi connectivity index (χ0n) is 12.8. The summed E-state index contributed by atoms with van der Waals surface area (Å²) in [6, 6.07) is 9.84. The highest BCUT2D eigenvalue weighted by Gasteiger charge is 2.42. The molecule has 0 amide bonds. The minimum absolute atomic E-state index is 0.233. The molecule has 3 heteroatoms. The van der Waals surface area contributed by atoms with E-state index in [0.717, 1.165) is 42.1 Å². The topological polar surface area (TPSA) is 33.2 Å². The first kappa shape index (κ1) is 14.2. The molecule has 1 aliphatic carbocycles. The molecule has 0 radical (unpaired) electrons. The van der Waals surface area contributed by atoms with Crippen LogP contribution < -0.4 is 0 Å². The van der Waals surface area contributed by atoms with Crippen LogP contribution in [-0.4, -0.2) is 35.3 Å². The Hall–Kier alpha value is -1.74. The first-order valence-corrected chi connectivity index (χ1v) is 7.71. The highest BCUT2D eigenvalue weighted by Crippen LogP contribution is 2.36. The number of nitrogens with zero attached hydrogens (tertiary/aromatic N) is 2. The van der Waals surface area contributed by atoms with Crippen LogP contribution in [0, 0.1) is 0 Å². The van der Waals surface area contributed by atoms with Crippen LogP contribution in [0.3, 0.4) is 0 Å². The van der Waals surface area contributed by atoms with Gasteiger partial charge in [-0.1, -0.05) is 37.5 Å². The van der Waals surface area contributed by atoms with E-state index in [9.17, 15) is 4.79 Å². The van der Waals surface area contributed by atoms with Crippen molar-refractivity contribution >= 4 is 16.7 Å². The number of rotatable bonds is 3. The summed E-state index contributed by atoms with van der Waals surface area (Å²) in [5, 5.41) is 1.04. The van der Waals surface area contributed by atoms with Gasteiger partial charge in [-0.3, -0.25) is 14.7 Å². The van der Waals surface area contributed by atoms with Crippen LogP contribution >= 0.6 is 0 Å². The summed E-state index contributed by atoms with van der Waals surface area (Å²) in [5.41, 5.74) is 1.24. The summed E-state index contributed by atoms with van der Waals surface area (Å²) < 4.78 is 0. The van der Waals surface area contributed by atoms with Gasteiger partial charge in [-0.25, -0.2) is 0 Å². The third kappa shape index (κ3) is 2.36. The van der Waals surface area contributed by atoms with E-state index in [1.165, 1.54) is 6.42 Å². The summed E-state index contributed by atoms with van der Waals surface area (Å²) in [4.78, 5) is 19.9. The molecule has 0 spiro atoms. The number of pyridine rings is 1. The van der Waals surface area contributed by atoms with Crippen molar-refractivity contribution in [1.82, 2.24) is 9.88 Å². The van der Waals surface area contributed by atoms with Crippen molar-refractivity contribution in [1.29, 1.82) is 0 Å². The SMILES string of the molecule is CN(C)C1(C(=O)c2cccc3cccnc23)CCCCC1. The molecule has 3 rings (SSSR count). The molecule has 1 fully saturated rings. The van der Waals surface area contributed by atoms with Gasteiger partial charge in [-0.15, -0.1) is 0 Å². The normalized spacial score (nSPS) is 18.0. The van der Waals surface area contributed by atoms with Crippen molar-refractivity contribution < 1.29 is 4.79 Å². The van der Waals surface area contributed by atoms with E-state index in [-0.39, 0.29) is 11.3 Å². The Bertz CT molecular complexity index is 652. The van der Waals surface area contributed by atoms with E-state index in [1.54, 1.807) is 6.20 Å². The van der Waals surface area contributed by atoms with Gasteiger partial charge in [0.25, 0.3) is 0 Å². The number of para-hydroxylation sites is 1. The fourth-order valence-corrected chi connectivity index (χ4v) is 3.55. The van der Waals surface area contributed by atoms with Gasteiger partial charge in [0, 0.05) is 17.1 Å². The first-order chi connectivity index (χ1) is 10.1. The average Bonchev–Trinajstić information content (AvgIpc) is 2.54. The monoisotopic (exact) mass is 282 g/mol. The summed E-state index contributed by atoms with van der Waals surface area (Å²) in [5.74, 6) is 0.233. The first-order valence-electron chi connectivity index (χ1n) is 7.71. The number of hydrogen-bond acceptors (Lipinski definition) is 3. The number of carbonyl (C=O) groups excluding carboxylic acids is 1. The molecule has 0 saturated heterocycles. The fourth-order valence-electron chi connectivity index (χ4n) is 3.55. The Morgan fingerprint density at radius 3 is 2.52 bits per heavy atom. The molecule has 1 aromatic carbocycles. The van der Waals surface area contributed by atoms with Gasteiger partial charge >= 0.3 is 0 Å². The number of likely N-dealkylation sites (N-methyl/N-ethyl adjacent to an activating group) is 1. The molecule has 1 saturated carbocycles. The molecule has 2 aromatic rings. The molecule has 1 aliphatic rings. The second-order valence-electron chi connectivity index (χ2n) is 6.20. The predicted molar refractivity (Wildman–Crippen MR) is 85.6 cm³/mol. The van der Waals surface area contributed by atoms with Crippen molar-refractivity contribution in [2.75, 3.05) is 14.1 Å². The molecule has 0 unspecified atom stereocenters. The van der Waals surface area contributed by atoms with Gasteiger partial charge < -0.3 is 0 Å². The van der Waals surface area contributed by atoms with Gasteiger partial charge in [0.15, 0.2) is 5.78 Å². The Kier molecular flexibility index (Phi) is 3.77. The van der Waals surface area contributed by atoms with E-state index in [0.29, 0.717) is 0 Å². The molecule has 0 bridgehead atoms. The van der Waals surface area contributed by atoms with Gasteiger partial charge in [0.05, 0.1) is 11.1 Å². The third-order valence-corrected chi connectivity index (χ3v) is 4.84. The zero-order valence-corrected chi connectivity index (χ0v) is 12.8. The van der Waals surface area contributed by atoms with Crippen LogP contribution in [0.1, 0.15) is 42.5 Å². The molecule has 110 valence electrons. The summed E-state index contributed by atoms with van der Waals surface area (Å²) in [7, 11) is 4.06. The van der Waals surface area contributed by atoms with E-state index in [2.05, 4.69) is 9.88 Å². The molecule has 1 heterocycles. The van der Waals surface area contributed by atoms with Crippen LogP contribution in [0.15, 0.2) is 36.5 Å². The number of ketones is 1. The molecular formula is C18H22N2O. The van der Waals surface area contributed by atoms with Crippen LogP contribution in [0.25, 0.3) is 10.9 Å². The second-order valence-corrected chi connectivity index (χ2v) is 6.20. The van der Waals surface area contributed by atoms with Crippen molar-refractivity contribution in [3.8, 4) is 0 Å². The standard InChI is InChI=1S/C18H22N2O/c1-20(2)18(11-4-3-5-12-18)17(21)15-10-6-8-14-9-7-13-19-16(14)15/h6-10,13H,3-5,11-12H2,1-2H3. The zero-order chi connectivity index (χ0) is 14.9. The third-order valence-electron chi connectivity index (χ3n) is 4.84. The molecule has 0 atom stereocenters. The summed E-state index contributed by atoms with van der Waals surface area (Å²) in [6.07, 6.45) is 7.15. The molecule has 21 heavy (non-hydrogen) atoms. The lowest BCUT2D eigenvalue weighted by molar-refractivity contribution is 0.0565. The van der Waals surface area contributed by atoms with Crippen molar-refractivity contribution in [3.63, 3.8) is 0 Å². The lowest BCUT2D eigenvalue weighted by Gasteiger charge is -2.41. The van der Waals surface area contributed by atoms with E-state index < -0.39 is 0 Å². The van der Waals surface area contributed by atoms with Crippen molar-refractivity contribution in [3.05, 3.63) is 42.1 Å². The minimum Gasteiger partial charge on any atom is -0.297 e. The lowest BCUT2D eigenvalue weighted by Crippen LogP contribution is -2.52. The van der Waals surface area contributed by atoms with E-state index in [4.69, 9.17) is 0 Å². The Labute approximate surface area is 126 Å². The second kappa shape index (κ2) is 5.57. The molecule has 0 N–H and O–H groups in total. The van der Waals surface area contributed by atoms with Crippen LogP contribution in [0.2, 0.25) is 0 Å². The van der Waals surface area contributed by atoms with E-state index in [1.807, 2.05) is 44.4 Å². The van der Waals surface area contributed by atoms with Crippen LogP contribution in [0.5, 0.6) is 0 Å². The molecule has 3 nitrogen and oxygen atoms in total. The highest BCUT2D eigenvalue weighted by atomic mass is 16.1. The average molecular weight is 282 g/mol. The maximum absolute atomic E-state index is 13.3. The van der Waals surface area contributed by atoms with Crippen LogP contribution in [-0.2, 0) is 0 Å². The van der Waals surface area contributed by atoms with Gasteiger partial charge in [-0.2, -0.15) is 0 Å². The summed E-state index contributed by atoms with van der Waals surface area (Å²) in [6.45, 7) is 0. The predicted octanol–water partition coefficient (Wildman–Crippen LogP) is 3.68. The lowest BCUT2D eigenvalue weighted by atomic mass is 9.75. The number of Topliss-reactive ketones (excluding diaryl/α,β-unsaturated/α-hetero) is 1. The maximum atomic E-state index is 13.3. The van der Waals surface area contributed by atoms with Gasteiger partial charge in [0.1, 0.15) is 0 Å². The van der Waals surface area contributed by atoms with Crippen molar-refractivity contribution in [2.24, 2.45) is 0 Å². The number of carbonyl (C=O) groups is 1.